The van der Waals surface area contributed by atoms with Crippen LogP contribution in [-0.2, 0) is 14.9 Å². The summed E-state index contributed by atoms with van der Waals surface area (Å²) in [7, 11) is -3.79. The third-order valence-electron chi connectivity index (χ3n) is 3.77. The SMILES string of the molecule is CC(C)(C)C(ONS(=O)(=O)c1ccccc1)c1noc2ccccc12. The molecule has 3 rings (SSSR count). The van der Waals surface area contributed by atoms with Crippen molar-refractivity contribution in [2.45, 2.75) is 31.8 Å². The fraction of sp³-hybridized carbons (Fsp3) is 0.278. The number of fused-ring (bicyclic) bond motifs is 1. The first kappa shape index (κ1) is 17.6. The molecule has 0 aliphatic heterocycles. The maximum absolute atomic E-state index is 12.4. The lowest BCUT2D eigenvalue weighted by molar-refractivity contribution is -0.0515. The summed E-state index contributed by atoms with van der Waals surface area (Å²) in [5.74, 6) is 0. The molecule has 132 valence electrons. The highest BCUT2D eigenvalue weighted by Crippen LogP contribution is 2.38. The molecule has 0 saturated carbocycles. The van der Waals surface area contributed by atoms with E-state index in [1.54, 1.807) is 24.3 Å². The molecule has 0 saturated heterocycles. The number of hydrogen-bond donors (Lipinski definition) is 1. The molecule has 0 bridgehead atoms. The van der Waals surface area contributed by atoms with Gasteiger partial charge in [-0.25, -0.2) is 8.42 Å². The maximum atomic E-state index is 12.4. The van der Waals surface area contributed by atoms with Gasteiger partial charge in [0.05, 0.1) is 4.90 Å². The van der Waals surface area contributed by atoms with Crippen LogP contribution in [0.3, 0.4) is 0 Å². The van der Waals surface area contributed by atoms with Crippen molar-refractivity contribution in [3.8, 4) is 0 Å². The largest absolute Gasteiger partial charge is 0.356 e. The maximum Gasteiger partial charge on any atom is 0.262 e. The average Bonchev–Trinajstić information content (AvgIpc) is 2.98. The standard InChI is InChI=1S/C18H20N2O4S/c1-18(2,3)17(16-14-11-7-8-12-15(14)23-19-16)24-20-25(21,22)13-9-5-4-6-10-13/h4-12,17,20H,1-3H3. The van der Waals surface area contributed by atoms with Gasteiger partial charge in [0, 0.05) is 5.39 Å². The van der Waals surface area contributed by atoms with E-state index in [0.717, 1.165) is 5.39 Å². The van der Waals surface area contributed by atoms with Gasteiger partial charge < -0.3 is 4.52 Å². The fourth-order valence-corrected chi connectivity index (χ4v) is 3.33. The minimum absolute atomic E-state index is 0.132. The number of benzene rings is 2. The molecule has 0 aliphatic rings. The molecule has 0 amide bonds. The first-order chi connectivity index (χ1) is 11.8. The highest BCUT2D eigenvalue weighted by atomic mass is 32.2. The molecule has 1 aromatic heterocycles. The van der Waals surface area contributed by atoms with Gasteiger partial charge in [0.15, 0.2) is 5.58 Å². The topological polar surface area (TPSA) is 81.4 Å². The van der Waals surface area contributed by atoms with Crippen LogP contribution in [0.4, 0.5) is 0 Å². The summed E-state index contributed by atoms with van der Waals surface area (Å²) in [6.45, 7) is 5.83. The van der Waals surface area contributed by atoms with Gasteiger partial charge in [-0.2, -0.15) is 0 Å². The lowest BCUT2D eigenvalue weighted by atomic mass is 9.86. The molecule has 0 radical (unpaired) electrons. The summed E-state index contributed by atoms with van der Waals surface area (Å²) in [5.41, 5.74) is 0.763. The van der Waals surface area contributed by atoms with E-state index in [4.69, 9.17) is 9.36 Å². The van der Waals surface area contributed by atoms with Gasteiger partial charge >= 0.3 is 0 Å². The first-order valence-corrected chi connectivity index (χ1v) is 9.34. The molecule has 0 spiro atoms. The normalized spacial score (nSPS) is 13.9. The van der Waals surface area contributed by atoms with Crippen molar-refractivity contribution >= 4 is 21.0 Å². The lowest BCUT2D eigenvalue weighted by Crippen LogP contribution is -2.32. The van der Waals surface area contributed by atoms with Crippen molar-refractivity contribution < 1.29 is 17.8 Å². The zero-order valence-corrected chi connectivity index (χ0v) is 15.1. The number of sulfonamides is 1. The van der Waals surface area contributed by atoms with Crippen molar-refractivity contribution in [1.82, 2.24) is 10.0 Å². The zero-order chi connectivity index (χ0) is 18.1. The van der Waals surface area contributed by atoms with Crippen LogP contribution in [0.2, 0.25) is 0 Å². The Bertz CT molecular complexity index is 959. The molecule has 3 aromatic rings. The van der Waals surface area contributed by atoms with E-state index in [0.29, 0.717) is 11.3 Å². The summed E-state index contributed by atoms with van der Waals surface area (Å²) in [6.07, 6.45) is -0.630. The highest BCUT2D eigenvalue weighted by Gasteiger charge is 2.33. The second kappa shape index (κ2) is 6.59. The molecule has 1 heterocycles. The minimum atomic E-state index is -3.79. The average molecular weight is 360 g/mol. The molecule has 2 aromatic carbocycles. The number of nitrogens with one attached hydrogen (secondary N) is 1. The summed E-state index contributed by atoms with van der Waals surface area (Å²) in [6, 6.07) is 15.5. The van der Waals surface area contributed by atoms with Gasteiger partial charge in [-0.05, 0) is 29.7 Å². The van der Waals surface area contributed by atoms with Crippen molar-refractivity contribution in [1.29, 1.82) is 0 Å². The van der Waals surface area contributed by atoms with Crippen molar-refractivity contribution in [2.75, 3.05) is 0 Å². The predicted octanol–water partition coefficient (Wildman–Crippen LogP) is 3.83. The Kier molecular flexibility index (Phi) is 4.64. The van der Waals surface area contributed by atoms with E-state index < -0.39 is 21.5 Å². The Hall–Kier alpha value is -2.22. The molecule has 0 fully saturated rings. The number of para-hydroxylation sites is 1. The minimum Gasteiger partial charge on any atom is -0.356 e. The highest BCUT2D eigenvalue weighted by molar-refractivity contribution is 7.89. The number of rotatable bonds is 5. The smallest absolute Gasteiger partial charge is 0.262 e. The molecule has 1 N–H and O–H groups in total. The molecule has 6 nitrogen and oxygen atoms in total. The van der Waals surface area contributed by atoms with Crippen molar-refractivity contribution in [2.24, 2.45) is 5.41 Å². The van der Waals surface area contributed by atoms with E-state index in [1.165, 1.54) is 12.1 Å². The Morgan fingerprint density at radius 3 is 2.36 bits per heavy atom. The molecule has 7 heteroatoms. The summed E-state index contributed by atoms with van der Waals surface area (Å²) < 4.78 is 30.2. The van der Waals surface area contributed by atoms with Gasteiger partial charge in [0.25, 0.3) is 10.0 Å². The number of aromatic nitrogens is 1. The van der Waals surface area contributed by atoms with Crippen LogP contribution in [0.15, 0.2) is 64.0 Å². The Morgan fingerprint density at radius 2 is 1.68 bits per heavy atom. The zero-order valence-electron chi connectivity index (χ0n) is 14.3. The summed E-state index contributed by atoms with van der Waals surface area (Å²) in [5, 5.41) is 4.89. The molecular weight excluding hydrogens is 340 g/mol. The molecular formula is C18H20N2O4S. The van der Waals surface area contributed by atoms with E-state index >= 15 is 0 Å². The number of hydrogen-bond acceptors (Lipinski definition) is 5. The third kappa shape index (κ3) is 3.73. The molecule has 1 unspecified atom stereocenters. The van der Waals surface area contributed by atoms with E-state index in [2.05, 4.69) is 10.0 Å². The van der Waals surface area contributed by atoms with Crippen LogP contribution < -0.4 is 4.89 Å². The van der Waals surface area contributed by atoms with Crippen molar-refractivity contribution in [3.63, 3.8) is 0 Å². The van der Waals surface area contributed by atoms with Gasteiger partial charge in [0.2, 0.25) is 0 Å². The first-order valence-electron chi connectivity index (χ1n) is 7.86. The van der Waals surface area contributed by atoms with E-state index in [1.807, 2.05) is 39.0 Å². The van der Waals surface area contributed by atoms with Crippen LogP contribution in [0.1, 0.15) is 32.6 Å². The molecule has 1 atom stereocenters. The monoisotopic (exact) mass is 360 g/mol. The third-order valence-corrected chi connectivity index (χ3v) is 4.98. The Labute approximate surface area is 146 Å². The fourth-order valence-electron chi connectivity index (χ4n) is 2.50. The van der Waals surface area contributed by atoms with Crippen LogP contribution in [0.5, 0.6) is 0 Å². The van der Waals surface area contributed by atoms with Gasteiger partial charge in [-0.3, -0.25) is 4.84 Å². The number of nitrogens with zero attached hydrogens (tertiary/aromatic N) is 1. The quantitative estimate of drug-likeness (QED) is 0.700. The lowest BCUT2D eigenvalue weighted by Gasteiger charge is -2.28. The Morgan fingerprint density at radius 1 is 1.04 bits per heavy atom. The summed E-state index contributed by atoms with van der Waals surface area (Å²) in [4.78, 5) is 7.98. The predicted molar refractivity (Wildman–Crippen MR) is 94.1 cm³/mol. The van der Waals surface area contributed by atoms with Crippen molar-refractivity contribution in [3.05, 3.63) is 60.3 Å². The Balaban J connectivity index is 1.91. The molecule has 0 aliphatic carbocycles. The molecule has 25 heavy (non-hydrogen) atoms. The van der Waals surface area contributed by atoms with Crippen LogP contribution in [0.25, 0.3) is 11.0 Å². The van der Waals surface area contributed by atoms with Crippen LogP contribution in [-0.4, -0.2) is 13.6 Å². The van der Waals surface area contributed by atoms with Crippen LogP contribution >= 0.6 is 0 Å². The second-order valence-corrected chi connectivity index (χ2v) is 8.47. The second-order valence-electron chi connectivity index (χ2n) is 6.83. The van der Waals surface area contributed by atoms with Gasteiger partial charge in [-0.15, -0.1) is 0 Å². The summed E-state index contributed by atoms with van der Waals surface area (Å²) >= 11 is 0. The van der Waals surface area contributed by atoms with E-state index in [9.17, 15) is 8.42 Å². The van der Waals surface area contributed by atoms with Gasteiger partial charge in [0.1, 0.15) is 11.8 Å². The van der Waals surface area contributed by atoms with Gasteiger partial charge in [-0.1, -0.05) is 61.1 Å². The van der Waals surface area contributed by atoms with Crippen LogP contribution in [0, 0.1) is 5.41 Å². The van der Waals surface area contributed by atoms with E-state index in [-0.39, 0.29) is 4.90 Å².